The van der Waals surface area contributed by atoms with Crippen molar-refractivity contribution in [3.05, 3.63) is 77.9 Å². The standard InChI is InChI=1S/C23H26N2O2/c1-18(8-13-22(24)26)23(14-5-15-25-23)16-19-9-11-21(12-10-19)27-17-20-6-3-2-4-7-20/h2-7,9-12,14-15,18H,8,13,16-17H2,1H3,(H2,24,26). The number of amides is 1. The highest BCUT2D eigenvalue weighted by Gasteiger charge is 2.34. The number of nitrogens with two attached hydrogens (primary N) is 1. The zero-order valence-electron chi connectivity index (χ0n) is 15.7. The van der Waals surface area contributed by atoms with Gasteiger partial charge in [0.25, 0.3) is 0 Å². The van der Waals surface area contributed by atoms with Gasteiger partial charge < -0.3 is 10.5 Å². The van der Waals surface area contributed by atoms with Crippen LogP contribution in [0.15, 0.2) is 71.7 Å². The van der Waals surface area contributed by atoms with E-state index in [1.807, 2.05) is 42.6 Å². The minimum Gasteiger partial charge on any atom is -0.489 e. The second-order valence-corrected chi connectivity index (χ2v) is 7.13. The third-order valence-corrected chi connectivity index (χ3v) is 5.12. The molecular formula is C23H26N2O2. The fourth-order valence-corrected chi connectivity index (χ4v) is 3.38. The van der Waals surface area contributed by atoms with Crippen LogP contribution in [0, 0.1) is 5.92 Å². The molecule has 1 amide bonds. The van der Waals surface area contributed by atoms with Crippen LogP contribution in [-0.4, -0.2) is 17.7 Å². The molecule has 0 radical (unpaired) electrons. The lowest BCUT2D eigenvalue weighted by Crippen LogP contribution is -2.34. The fourth-order valence-electron chi connectivity index (χ4n) is 3.38. The molecule has 4 heteroatoms. The van der Waals surface area contributed by atoms with Crippen molar-refractivity contribution in [3.63, 3.8) is 0 Å². The van der Waals surface area contributed by atoms with Crippen LogP contribution >= 0.6 is 0 Å². The van der Waals surface area contributed by atoms with Crippen molar-refractivity contribution in [3.8, 4) is 5.75 Å². The lowest BCUT2D eigenvalue weighted by molar-refractivity contribution is -0.118. The molecule has 0 saturated heterocycles. The first-order valence-electron chi connectivity index (χ1n) is 9.34. The van der Waals surface area contributed by atoms with Crippen LogP contribution in [0.25, 0.3) is 0 Å². The van der Waals surface area contributed by atoms with Gasteiger partial charge >= 0.3 is 0 Å². The van der Waals surface area contributed by atoms with Crippen LogP contribution in [0.4, 0.5) is 0 Å². The van der Waals surface area contributed by atoms with Crippen molar-refractivity contribution in [2.75, 3.05) is 0 Å². The number of carbonyl (C=O) groups excluding carboxylic acids is 1. The molecule has 1 aliphatic rings. The molecule has 3 rings (SSSR count). The number of carbonyl (C=O) groups is 1. The van der Waals surface area contributed by atoms with Gasteiger partial charge in [-0.15, -0.1) is 0 Å². The number of rotatable bonds is 9. The van der Waals surface area contributed by atoms with Crippen molar-refractivity contribution < 1.29 is 9.53 Å². The normalized spacial score (nSPS) is 19.1. The molecule has 2 atom stereocenters. The maximum Gasteiger partial charge on any atom is 0.217 e. The summed E-state index contributed by atoms with van der Waals surface area (Å²) in [5.41, 5.74) is 7.35. The van der Waals surface area contributed by atoms with E-state index in [0.717, 1.165) is 24.2 Å². The maximum atomic E-state index is 11.1. The van der Waals surface area contributed by atoms with Gasteiger partial charge in [0.1, 0.15) is 12.4 Å². The molecule has 0 aliphatic carbocycles. The molecule has 1 heterocycles. The number of primary amides is 1. The van der Waals surface area contributed by atoms with Gasteiger partial charge in [-0.05, 0) is 41.7 Å². The number of nitrogens with zero attached hydrogens (tertiary/aromatic N) is 1. The minimum atomic E-state index is -0.304. The molecule has 1 aliphatic heterocycles. The van der Waals surface area contributed by atoms with E-state index in [1.165, 1.54) is 5.56 Å². The van der Waals surface area contributed by atoms with Gasteiger partial charge in [-0.2, -0.15) is 0 Å². The van der Waals surface area contributed by atoms with E-state index < -0.39 is 0 Å². The Bertz CT molecular complexity index is 798. The molecule has 2 unspecified atom stereocenters. The molecule has 0 aromatic heterocycles. The van der Waals surface area contributed by atoms with Crippen LogP contribution in [0.5, 0.6) is 5.75 Å². The molecule has 2 aromatic rings. The number of hydrogen-bond acceptors (Lipinski definition) is 3. The summed E-state index contributed by atoms with van der Waals surface area (Å²) in [4.78, 5) is 15.9. The predicted octanol–water partition coefficient (Wildman–Crippen LogP) is 4.09. The van der Waals surface area contributed by atoms with E-state index in [9.17, 15) is 4.79 Å². The lowest BCUT2D eigenvalue weighted by Gasteiger charge is -2.31. The van der Waals surface area contributed by atoms with Gasteiger partial charge in [0.2, 0.25) is 5.91 Å². The summed E-state index contributed by atoms with van der Waals surface area (Å²) in [5.74, 6) is 0.820. The fraction of sp³-hybridized carbons (Fsp3) is 0.304. The molecule has 0 bridgehead atoms. The van der Waals surface area contributed by atoms with Crippen molar-refractivity contribution >= 4 is 12.1 Å². The third-order valence-electron chi connectivity index (χ3n) is 5.12. The molecule has 2 N–H and O–H groups in total. The van der Waals surface area contributed by atoms with E-state index >= 15 is 0 Å². The Labute approximate surface area is 160 Å². The number of ether oxygens (including phenoxy) is 1. The zero-order chi connectivity index (χ0) is 19.1. The first-order chi connectivity index (χ1) is 13.1. The van der Waals surface area contributed by atoms with Crippen LogP contribution in [0.1, 0.15) is 30.9 Å². The average Bonchev–Trinajstić information content (AvgIpc) is 3.16. The second kappa shape index (κ2) is 8.67. The molecule has 0 spiro atoms. The Morgan fingerprint density at radius 2 is 1.85 bits per heavy atom. The van der Waals surface area contributed by atoms with E-state index in [-0.39, 0.29) is 17.4 Å². The third kappa shape index (κ3) is 5.07. The highest BCUT2D eigenvalue weighted by atomic mass is 16.5. The first kappa shape index (κ1) is 18.9. The summed E-state index contributed by atoms with van der Waals surface area (Å²) in [6, 6.07) is 18.3. The Balaban J connectivity index is 1.62. The molecule has 27 heavy (non-hydrogen) atoms. The van der Waals surface area contributed by atoms with Crippen LogP contribution < -0.4 is 10.5 Å². The summed E-state index contributed by atoms with van der Waals surface area (Å²) < 4.78 is 5.86. The van der Waals surface area contributed by atoms with E-state index in [0.29, 0.717) is 13.0 Å². The molecule has 2 aromatic carbocycles. The topological polar surface area (TPSA) is 64.7 Å². The van der Waals surface area contributed by atoms with Gasteiger partial charge in [0.05, 0.1) is 5.54 Å². The van der Waals surface area contributed by atoms with Gasteiger partial charge in [-0.25, -0.2) is 0 Å². The lowest BCUT2D eigenvalue weighted by atomic mass is 9.78. The van der Waals surface area contributed by atoms with Gasteiger partial charge in [-0.3, -0.25) is 9.79 Å². The summed E-state index contributed by atoms with van der Waals surface area (Å²) in [6.07, 6.45) is 7.88. The summed E-state index contributed by atoms with van der Waals surface area (Å²) in [7, 11) is 0. The molecule has 0 saturated carbocycles. The van der Waals surface area contributed by atoms with Gasteiger partial charge in [0, 0.05) is 19.1 Å². The molecule has 0 fully saturated rings. The van der Waals surface area contributed by atoms with Crippen LogP contribution in [0.3, 0.4) is 0 Å². The number of allylic oxidation sites excluding steroid dienone is 1. The highest BCUT2D eigenvalue weighted by Crippen LogP contribution is 2.34. The predicted molar refractivity (Wildman–Crippen MR) is 109 cm³/mol. The highest BCUT2D eigenvalue weighted by molar-refractivity contribution is 5.76. The quantitative estimate of drug-likeness (QED) is 0.730. The maximum absolute atomic E-state index is 11.1. The zero-order valence-corrected chi connectivity index (χ0v) is 15.7. The number of aliphatic imine (C=N–C) groups is 1. The number of hydrogen-bond donors (Lipinski definition) is 1. The van der Waals surface area contributed by atoms with Crippen molar-refractivity contribution in [1.29, 1.82) is 0 Å². The molecule has 4 nitrogen and oxygen atoms in total. The van der Waals surface area contributed by atoms with E-state index in [1.54, 1.807) is 0 Å². The van der Waals surface area contributed by atoms with Crippen molar-refractivity contribution in [2.24, 2.45) is 16.6 Å². The molecular weight excluding hydrogens is 336 g/mol. The van der Waals surface area contributed by atoms with Crippen LogP contribution in [-0.2, 0) is 17.8 Å². The summed E-state index contributed by atoms with van der Waals surface area (Å²) in [5, 5.41) is 0. The van der Waals surface area contributed by atoms with Gasteiger partial charge in [-0.1, -0.05) is 55.5 Å². The van der Waals surface area contributed by atoms with Crippen molar-refractivity contribution in [2.45, 2.75) is 38.3 Å². The Kier molecular flexibility index (Phi) is 6.07. The Morgan fingerprint density at radius 3 is 2.48 bits per heavy atom. The monoisotopic (exact) mass is 362 g/mol. The minimum absolute atomic E-state index is 0.231. The smallest absolute Gasteiger partial charge is 0.217 e. The SMILES string of the molecule is CC(CCC(N)=O)C1(Cc2ccc(OCc3ccccc3)cc2)C=CC=N1. The van der Waals surface area contributed by atoms with E-state index in [4.69, 9.17) is 15.5 Å². The summed E-state index contributed by atoms with van der Waals surface area (Å²) >= 11 is 0. The number of benzene rings is 2. The first-order valence-corrected chi connectivity index (χ1v) is 9.34. The summed E-state index contributed by atoms with van der Waals surface area (Å²) in [6.45, 7) is 2.69. The van der Waals surface area contributed by atoms with E-state index in [2.05, 4.69) is 37.3 Å². The van der Waals surface area contributed by atoms with Gasteiger partial charge in [0.15, 0.2) is 0 Å². The molecule has 140 valence electrons. The largest absolute Gasteiger partial charge is 0.489 e. The Morgan fingerprint density at radius 1 is 1.11 bits per heavy atom. The average molecular weight is 362 g/mol. The second-order valence-electron chi connectivity index (χ2n) is 7.13. The Hall–Kier alpha value is -2.88. The van der Waals surface area contributed by atoms with Crippen LogP contribution in [0.2, 0.25) is 0 Å². The van der Waals surface area contributed by atoms with Crippen molar-refractivity contribution in [1.82, 2.24) is 0 Å².